The van der Waals surface area contributed by atoms with E-state index in [2.05, 4.69) is 4.72 Å². The van der Waals surface area contributed by atoms with Crippen molar-refractivity contribution in [2.24, 2.45) is 0 Å². The van der Waals surface area contributed by atoms with Crippen LogP contribution in [0.15, 0.2) is 23.1 Å². The Balaban J connectivity index is 1.97. The van der Waals surface area contributed by atoms with Crippen molar-refractivity contribution in [3.8, 4) is 0 Å². The number of nitrogens with one attached hydrogen (secondary N) is 1. The Morgan fingerprint density at radius 3 is 2.52 bits per heavy atom. The molecule has 0 aliphatic carbocycles. The molecular weight excluding hydrogens is 363 g/mol. The van der Waals surface area contributed by atoms with E-state index in [0.29, 0.717) is 37.6 Å². The zero-order chi connectivity index (χ0) is 17.0. The lowest BCUT2D eigenvalue weighted by atomic mass is 10.1. The third kappa shape index (κ3) is 4.73. The van der Waals surface area contributed by atoms with Gasteiger partial charge in [0, 0.05) is 19.1 Å². The number of hydrogen-bond donors (Lipinski definition) is 1. The Morgan fingerprint density at radius 2 is 1.96 bits per heavy atom. The van der Waals surface area contributed by atoms with Crippen molar-refractivity contribution in [2.45, 2.75) is 30.7 Å². The molecule has 1 fully saturated rings. The fourth-order valence-electron chi connectivity index (χ4n) is 2.33. The molecule has 0 aromatic heterocycles. The van der Waals surface area contributed by atoms with Gasteiger partial charge in [-0.1, -0.05) is 23.2 Å². The van der Waals surface area contributed by atoms with Crippen molar-refractivity contribution in [3.05, 3.63) is 28.2 Å². The van der Waals surface area contributed by atoms with Crippen molar-refractivity contribution < 1.29 is 17.9 Å². The van der Waals surface area contributed by atoms with Crippen molar-refractivity contribution >= 4 is 39.3 Å². The van der Waals surface area contributed by atoms with E-state index in [9.17, 15) is 13.2 Å². The minimum Gasteiger partial charge on any atom is -0.450 e. The van der Waals surface area contributed by atoms with E-state index < -0.39 is 10.0 Å². The number of sulfonamides is 1. The number of rotatable bonds is 4. The fraction of sp³-hybridized carbons (Fsp3) is 0.500. The van der Waals surface area contributed by atoms with Crippen LogP contribution in [0.2, 0.25) is 10.0 Å². The SMILES string of the molecule is CCOC(=O)N1CCC(NS(=O)(=O)c2ccc(Cl)c(Cl)c2)CC1. The quantitative estimate of drug-likeness (QED) is 0.870. The van der Waals surface area contributed by atoms with Gasteiger partial charge in [0.15, 0.2) is 0 Å². The van der Waals surface area contributed by atoms with E-state index in [-0.39, 0.29) is 22.1 Å². The smallest absolute Gasteiger partial charge is 0.409 e. The molecule has 9 heteroatoms. The van der Waals surface area contributed by atoms with Gasteiger partial charge >= 0.3 is 6.09 Å². The number of halogens is 2. The molecule has 1 saturated heterocycles. The minimum atomic E-state index is -3.67. The van der Waals surface area contributed by atoms with E-state index in [1.165, 1.54) is 18.2 Å². The molecule has 1 heterocycles. The van der Waals surface area contributed by atoms with Crippen molar-refractivity contribution in [1.29, 1.82) is 0 Å². The number of carbonyl (C=O) groups excluding carboxylic acids is 1. The Bertz CT molecular complexity index is 673. The van der Waals surface area contributed by atoms with E-state index in [4.69, 9.17) is 27.9 Å². The van der Waals surface area contributed by atoms with Gasteiger partial charge in [0.05, 0.1) is 21.5 Å². The third-order valence-corrected chi connectivity index (χ3v) is 5.80. The zero-order valence-corrected chi connectivity index (χ0v) is 14.9. The van der Waals surface area contributed by atoms with Crippen LogP contribution in [-0.4, -0.2) is 45.1 Å². The minimum absolute atomic E-state index is 0.0692. The standard InChI is InChI=1S/C14H18Cl2N2O4S/c1-2-22-14(19)18-7-5-10(6-8-18)17-23(20,21)11-3-4-12(15)13(16)9-11/h3-4,9-10,17H,2,5-8H2,1H3. The summed E-state index contributed by atoms with van der Waals surface area (Å²) in [5, 5.41) is 0.486. The number of ether oxygens (including phenoxy) is 1. The average Bonchev–Trinajstić information content (AvgIpc) is 2.50. The lowest BCUT2D eigenvalue weighted by Gasteiger charge is -2.31. The number of likely N-dealkylation sites (tertiary alicyclic amines) is 1. The first-order valence-corrected chi connectivity index (χ1v) is 9.46. The molecule has 1 N–H and O–H groups in total. The first-order valence-electron chi connectivity index (χ1n) is 7.22. The summed E-state index contributed by atoms with van der Waals surface area (Å²) >= 11 is 11.7. The molecule has 6 nitrogen and oxygen atoms in total. The molecule has 1 aliphatic rings. The highest BCUT2D eigenvalue weighted by atomic mass is 35.5. The molecule has 0 radical (unpaired) electrons. The number of carbonyl (C=O) groups is 1. The monoisotopic (exact) mass is 380 g/mol. The zero-order valence-electron chi connectivity index (χ0n) is 12.6. The average molecular weight is 381 g/mol. The van der Waals surface area contributed by atoms with Gasteiger partial charge in [0.2, 0.25) is 10.0 Å². The molecule has 0 atom stereocenters. The molecule has 1 aromatic rings. The molecule has 23 heavy (non-hydrogen) atoms. The molecule has 1 amide bonds. The predicted molar refractivity (Wildman–Crippen MR) is 88.4 cm³/mol. The molecule has 0 saturated carbocycles. The highest BCUT2D eigenvalue weighted by Crippen LogP contribution is 2.25. The largest absolute Gasteiger partial charge is 0.450 e. The van der Waals surface area contributed by atoms with E-state index in [1.807, 2.05) is 0 Å². The first kappa shape index (κ1) is 18.3. The van der Waals surface area contributed by atoms with E-state index in [1.54, 1.807) is 11.8 Å². The van der Waals surface area contributed by atoms with Gasteiger partial charge in [-0.3, -0.25) is 0 Å². The highest BCUT2D eigenvalue weighted by molar-refractivity contribution is 7.89. The van der Waals surface area contributed by atoms with Crippen LogP contribution in [0, 0.1) is 0 Å². The molecule has 1 aliphatic heterocycles. The molecule has 128 valence electrons. The summed E-state index contributed by atoms with van der Waals surface area (Å²) < 4.78 is 32.3. The summed E-state index contributed by atoms with van der Waals surface area (Å²) in [6.45, 7) is 2.97. The molecule has 0 bridgehead atoms. The van der Waals surface area contributed by atoms with Gasteiger partial charge < -0.3 is 9.64 Å². The van der Waals surface area contributed by atoms with Gasteiger partial charge in [0.25, 0.3) is 0 Å². The van der Waals surface area contributed by atoms with Gasteiger partial charge in [-0.05, 0) is 38.0 Å². The Labute approximate surface area is 145 Å². The predicted octanol–water partition coefficient (Wildman–Crippen LogP) is 2.89. The number of piperidine rings is 1. The lowest BCUT2D eigenvalue weighted by Crippen LogP contribution is -2.46. The summed E-state index contributed by atoms with van der Waals surface area (Å²) in [5.41, 5.74) is 0. The molecular formula is C14H18Cl2N2O4S. The topological polar surface area (TPSA) is 75.7 Å². The number of amides is 1. The summed E-state index contributed by atoms with van der Waals surface area (Å²) in [5.74, 6) is 0. The van der Waals surface area contributed by atoms with Crippen molar-refractivity contribution in [3.63, 3.8) is 0 Å². The van der Waals surface area contributed by atoms with Crippen LogP contribution >= 0.6 is 23.2 Å². The third-order valence-electron chi connectivity index (χ3n) is 3.54. The van der Waals surface area contributed by atoms with Crippen LogP contribution in [0.3, 0.4) is 0 Å². The first-order chi connectivity index (χ1) is 10.8. The second-order valence-corrected chi connectivity index (χ2v) is 7.69. The van der Waals surface area contributed by atoms with Gasteiger partial charge in [0.1, 0.15) is 0 Å². The van der Waals surface area contributed by atoms with Crippen LogP contribution in [0.25, 0.3) is 0 Å². The number of hydrogen-bond acceptors (Lipinski definition) is 4. The van der Waals surface area contributed by atoms with Gasteiger partial charge in [-0.25, -0.2) is 17.9 Å². The number of benzene rings is 1. The molecule has 0 spiro atoms. The Kier molecular flexibility index (Phi) is 6.13. The van der Waals surface area contributed by atoms with Crippen molar-refractivity contribution in [2.75, 3.05) is 19.7 Å². The maximum atomic E-state index is 12.4. The summed E-state index contributed by atoms with van der Waals surface area (Å²) in [6, 6.07) is 3.94. The van der Waals surface area contributed by atoms with E-state index in [0.717, 1.165) is 0 Å². The fourth-order valence-corrected chi connectivity index (χ4v) is 4.02. The summed E-state index contributed by atoms with van der Waals surface area (Å²) in [4.78, 5) is 13.3. The van der Waals surface area contributed by atoms with Crippen LogP contribution < -0.4 is 4.72 Å². The van der Waals surface area contributed by atoms with Gasteiger partial charge in [-0.15, -0.1) is 0 Å². The van der Waals surface area contributed by atoms with E-state index >= 15 is 0 Å². The summed E-state index contributed by atoms with van der Waals surface area (Å²) in [6.07, 6.45) is 0.692. The molecule has 0 unspecified atom stereocenters. The van der Waals surface area contributed by atoms with Crippen LogP contribution in [-0.2, 0) is 14.8 Å². The Morgan fingerprint density at radius 1 is 1.30 bits per heavy atom. The van der Waals surface area contributed by atoms with Crippen LogP contribution in [0.1, 0.15) is 19.8 Å². The molecule has 2 rings (SSSR count). The molecule has 1 aromatic carbocycles. The lowest BCUT2D eigenvalue weighted by molar-refractivity contribution is 0.0966. The second-order valence-electron chi connectivity index (χ2n) is 5.16. The normalized spacial score (nSPS) is 16.4. The highest BCUT2D eigenvalue weighted by Gasteiger charge is 2.27. The second kappa shape index (κ2) is 7.70. The van der Waals surface area contributed by atoms with Crippen molar-refractivity contribution in [1.82, 2.24) is 9.62 Å². The summed E-state index contributed by atoms with van der Waals surface area (Å²) in [7, 11) is -3.67. The number of nitrogens with zero attached hydrogens (tertiary/aromatic N) is 1. The Hall–Kier alpha value is -1.02. The maximum absolute atomic E-state index is 12.4. The van der Waals surface area contributed by atoms with Crippen LogP contribution in [0.5, 0.6) is 0 Å². The van der Waals surface area contributed by atoms with Crippen LogP contribution in [0.4, 0.5) is 4.79 Å². The maximum Gasteiger partial charge on any atom is 0.409 e. The van der Waals surface area contributed by atoms with Gasteiger partial charge in [-0.2, -0.15) is 0 Å².